The molecule has 0 radical (unpaired) electrons. The third kappa shape index (κ3) is 27.5. The van der Waals surface area contributed by atoms with Crippen molar-refractivity contribution >= 4 is 19.8 Å². The molecule has 0 aromatic carbocycles. The van der Waals surface area contributed by atoms with E-state index in [1.807, 2.05) is 11.8 Å². The van der Waals surface area contributed by atoms with E-state index in [1.165, 1.54) is 25.7 Å². The molecule has 174 valence electrons. The second-order valence-electron chi connectivity index (χ2n) is 6.57. The van der Waals surface area contributed by atoms with Gasteiger partial charge in [0.25, 0.3) is 0 Å². The third-order valence-electron chi connectivity index (χ3n) is 3.84. The van der Waals surface area contributed by atoms with Crippen LogP contribution in [0.4, 0.5) is 0 Å². The van der Waals surface area contributed by atoms with Gasteiger partial charge in [-0.25, -0.2) is 4.79 Å². The molecule has 0 aromatic heterocycles. The summed E-state index contributed by atoms with van der Waals surface area (Å²) in [5.41, 5.74) is 0. The van der Waals surface area contributed by atoms with Gasteiger partial charge in [-0.05, 0) is 41.9 Å². The van der Waals surface area contributed by atoms with E-state index in [-0.39, 0.29) is 65.5 Å². The molecule has 0 aliphatic carbocycles. The maximum absolute atomic E-state index is 12.0. The Bertz CT molecular complexity index is 859. The number of hydrogen-bond acceptors (Lipinski definition) is 8. The van der Waals surface area contributed by atoms with Crippen molar-refractivity contribution in [2.75, 3.05) is 13.2 Å². The van der Waals surface area contributed by atoms with Crippen molar-refractivity contribution in [3.63, 3.8) is 0 Å². The van der Waals surface area contributed by atoms with E-state index in [1.54, 1.807) is 0 Å². The minimum absolute atomic E-state index is 0. The molecule has 0 saturated carbocycles. The van der Waals surface area contributed by atoms with Crippen LogP contribution in [0.25, 0.3) is 0 Å². The van der Waals surface area contributed by atoms with Gasteiger partial charge in [-0.3, -0.25) is 4.79 Å². The van der Waals surface area contributed by atoms with Gasteiger partial charge in [-0.1, -0.05) is 51.9 Å². The minimum atomic E-state index is -5.29. The number of esters is 2. The summed E-state index contributed by atoms with van der Waals surface area (Å²) in [6.07, 6.45) is 12.1. The summed E-state index contributed by atoms with van der Waals surface area (Å²) in [6, 6.07) is 0. The molecule has 0 heterocycles. The summed E-state index contributed by atoms with van der Waals surface area (Å²) in [4.78, 5) is 44.9. The molecule has 0 N–H and O–H groups in total. The predicted octanol–water partition coefficient (Wildman–Crippen LogP) is -4.53. The second-order valence-corrected chi connectivity index (χ2v) is 7.73. The first-order valence-electron chi connectivity index (χ1n) is 10.3. The van der Waals surface area contributed by atoms with Gasteiger partial charge in [0.15, 0.2) is 6.10 Å². The standard InChI is InChI=1S/C23H29O8P.2Na/c1-3-5-7-9-11-12-14-16-18-23(25)31-21(20-30-32(26,27)28)19-29-22(24)17-15-13-10-8-6-4-2;;/h2,21H,3,5,7,9,11-12,14,16,18-20H2,1H3,(H2,26,27,28);;/q;2*+1/p-2/t21-;;/m0../s1. The van der Waals surface area contributed by atoms with E-state index in [9.17, 15) is 23.9 Å². The zero-order valence-corrected chi connectivity index (χ0v) is 25.0. The summed E-state index contributed by atoms with van der Waals surface area (Å²) < 4.78 is 24.7. The first-order valence-corrected chi connectivity index (χ1v) is 11.7. The van der Waals surface area contributed by atoms with Crippen molar-refractivity contribution in [1.29, 1.82) is 0 Å². The van der Waals surface area contributed by atoms with Gasteiger partial charge >= 0.3 is 71.1 Å². The molecule has 0 aromatic rings. The average molecular weight is 508 g/mol. The monoisotopic (exact) mass is 508 g/mol. The topological polar surface area (TPSA) is 125 Å². The zero-order valence-electron chi connectivity index (χ0n) is 20.1. The maximum Gasteiger partial charge on any atom is 1.00 e. The summed E-state index contributed by atoms with van der Waals surface area (Å²) in [6.45, 7) is 0.844. The molecule has 0 aliphatic heterocycles. The van der Waals surface area contributed by atoms with Gasteiger partial charge in [0.05, 0.1) is 14.4 Å². The van der Waals surface area contributed by atoms with Crippen LogP contribution in [-0.2, 0) is 28.2 Å². The van der Waals surface area contributed by atoms with E-state index in [4.69, 9.17) is 15.9 Å². The first kappa shape index (κ1) is 37.8. The summed E-state index contributed by atoms with van der Waals surface area (Å²) in [5, 5.41) is 0. The van der Waals surface area contributed by atoms with E-state index in [2.05, 4.69) is 41.0 Å². The molecule has 0 aliphatic rings. The summed E-state index contributed by atoms with van der Waals surface area (Å²) >= 11 is 0. The van der Waals surface area contributed by atoms with E-state index in [0.29, 0.717) is 6.42 Å². The van der Waals surface area contributed by atoms with Crippen molar-refractivity contribution in [2.24, 2.45) is 0 Å². The fourth-order valence-electron chi connectivity index (χ4n) is 2.36. The van der Waals surface area contributed by atoms with Crippen molar-refractivity contribution in [3.8, 4) is 47.9 Å². The molecule has 0 saturated heterocycles. The Labute approximate surface area is 246 Å². The molecule has 0 amide bonds. The number of carbonyl (C=O) groups excluding carboxylic acids is 2. The van der Waals surface area contributed by atoms with Gasteiger partial charge in [-0.2, -0.15) is 0 Å². The Morgan fingerprint density at radius 2 is 1.44 bits per heavy atom. The fourth-order valence-corrected chi connectivity index (χ4v) is 2.70. The van der Waals surface area contributed by atoms with E-state index in [0.717, 1.165) is 19.3 Å². The fraction of sp³-hybridized carbons (Fsp3) is 0.565. The first-order chi connectivity index (χ1) is 15.3. The van der Waals surface area contributed by atoms with Crippen LogP contribution in [0.3, 0.4) is 0 Å². The second kappa shape index (κ2) is 25.4. The van der Waals surface area contributed by atoms with Crippen molar-refractivity contribution in [3.05, 3.63) is 0 Å². The predicted molar refractivity (Wildman–Crippen MR) is 114 cm³/mol. The summed E-state index contributed by atoms with van der Waals surface area (Å²) in [5.74, 6) is 13.7. The Kier molecular flexibility index (Phi) is 28.2. The van der Waals surface area contributed by atoms with Crippen LogP contribution < -0.4 is 68.9 Å². The molecule has 8 nitrogen and oxygen atoms in total. The molecule has 0 rings (SSSR count). The number of hydrogen-bond donors (Lipinski definition) is 0. The SMILES string of the molecule is C#CC#CC#CC#CC(=O)OC[C@@H](COP(=O)([O-])[O-])OC(=O)CCCCCCCCCC.[Na+].[Na+]. The Balaban J connectivity index is -0.00000480. The maximum atomic E-state index is 12.0. The number of carbonyl (C=O) groups is 2. The van der Waals surface area contributed by atoms with Crippen LogP contribution in [0, 0.1) is 47.9 Å². The molecule has 1 atom stereocenters. The molecular formula is C23H27Na2O8P. The smallest absolute Gasteiger partial charge is 0.790 e. The number of terminal acetylenes is 1. The molecule has 11 heteroatoms. The van der Waals surface area contributed by atoms with E-state index < -0.39 is 39.1 Å². The molecule has 0 spiro atoms. The average Bonchev–Trinajstić information content (AvgIpc) is 2.73. The van der Waals surface area contributed by atoms with Crippen LogP contribution in [0.15, 0.2) is 0 Å². The van der Waals surface area contributed by atoms with Gasteiger partial charge in [0.1, 0.15) is 6.61 Å². The zero-order chi connectivity index (χ0) is 24.1. The van der Waals surface area contributed by atoms with Gasteiger partial charge in [-0.15, -0.1) is 6.42 Å². The van der Waals surface area contributed by atoms with Crippen molar-refractivity contribution in [1.82, 2.24) is 0 Å². The Morgan fingerprint density at radius 3 is 2.03 bits per heavy atom. The number of phosphoric acid groups is 1. The molecular weight excluding hydrogens is 481 g/mol. The number of rotatable bonds is 15. The minimum Gasteiger partial charge on any atom is -0.790 e. The largest absolute Gasteiger partial charge is 1.00 e. The third-order valence-corrected chi connectivity index (χ3v) is 4.30. The van der Waals surface area contributed by atoms with Crippen molar-refractivity contribution < 1.29 is 97.1 Å². The van der Waals surface area contributed by atoms with Crippen LogP contribution in [0.1, 0.15) is 64.7 Å². The van der Waals surface area contributed by atoms with Gasteiger partial charge in [0.2, 0.25) is 0 Å². The van der Waals surface area contributed by atoms with Gasteiger partial charge < -0.3 is 28.3 Å². The van der Waals surface area contributed by atoms with Crippen molar-refractivity contribution in [2.45, 2.75) is 70.8 Å². The quantitative estimate of drug-likeness (QED) is 0.0541. The molecule has 0 bridgehead atoms. The molecule has 0 unspecified atom stereocenters. The van der Waals surface area contributed by atoms with Crippen LogP contribution in [0.2, 0.25) is 0 Å². The Hall–Kier alpha value is -0.710. The van der Waals surface area contributed by atoms with Crippen LogP contribution in [-0.4, -0.2) is 31.3 Å². The molecule has 34 heavy (non-hydrogen) atoms. The summed E-state index contributed by atoms with van der Waals surface area (Å²) in [7, 11) is -5.29. The van der Waals surface area contributed by atoms with Crippen LogP contribution in [0.5, 0.6) is 0 Å². The Morgan fingerprint density at radius 1 is 0.882 bits per heavy atom. The number of unbranched alkanes of at least 4 members (excludes halogenated alkanes) is 7. The van der Waals surface area contributed by atoms with Crippen LogP contribution >= 0.6 is 7.82 Å². The number of ether oxygens (including phenoxy) is 2. The normalized spacial score (nSPS) is 10.1. The van der Waals surface area contributed by atoms with E-state index >= 15 is 0 Å². The van der Waals surface area contributed by atoms with Gasteiger partial charge in [0, 0.05) is 12.3 Å². The molecule has 0 fully saturated rings. The number of phosphoric ester groups is 1.